The van der Waals surface area contributed by atoms with E-state index in [9.17, 15) is 22.8 Å². The Kier molecular flexibility index (Phi) is 4.62. The molecule has 4 rings (SSSR count). The topological polar surface area (TPSA) is 75.3 Å². The minimum absolute atomic E-state index is 0.0292. The van der Waals surface area contributed by atoms with E-state index in [-0.39, 0.29) is 35.2 Å². The highest BCUT2D eigenvalue weighted by molar-refractivity contribution is 5.95. The maximum absolute atomic E-state index is 13.9. The molecule has 0 saturated heterocycles. The lowest BCUT2D eigenvalue weighted by Gasteiger charge is -2.33. The van der Waals surface area contributed by atoms with Crippen molar-refractivity contribution in [2.45, 2.75) is 19.6 Å². The first-order valence-electron chi connectivity index (χ1n) is 8.78. The van der Waals surface area contributed by atoms with Gasteiger partial charge < -0.3 is 14.6 Å². The van der Waals surface area contributed by atoms with Gasteiger partial charge in [-0.2, -0.15) is 0 Å². The van der Waals surface area contributed by atoms with Gasteiger partial charge in [-0.05, 0) is 30.5 Å². The summed E-state index contributed by atoms with van der Waals surface area (Å²) in [7, 11) is 1.49. The molecule has 3 aromatic rings. The fourth-order valence-electron chi connectivity index (χ4n) is 3.52. The van der Waals surface area contributed by atoms with Crippen molar-refractivity contribution in [1.29, 1.82) is 0 Å². The number of hydrogen-bond acceptors (Lipinski definition) is 4. The molecule has 1 atom stereocenters. The third-order valence-corrected chi connectivity index (χ3v) is 5.10. The number of likely N-dealkylation sites (N-methyl/N-ethyl adjacent to an activating group) is 1. The number of halogens is 3. The maximum Gasteiger partial charge on any atom is 0.256 e. The van der Waals surface area contributed by atoms with E-state index in [1.54, 1.807) is 0 Å². The number of aryl methyl sites for hydroxylation is 1. The molecule has 29 heavy (non-hydrogen) atoms. The van der Waals surface area contributed by atoms with Crippen LogP contribution in [0.1, 0.15) is 33.4 Å². The summed E-state index contributed by atoms with van der Waals surface area (Å²) in [4.78, 5) is 33.0. The molecule has 1 aliphatic rings. The number of hydrogen-bond donors (Lipinski definition) is 1. The number of fused-ring (bicyclic) bond motifs is 3. The van der Waals surface area contributed by atoms with E-state index in [4.69, 9.17) is 4.74 Å². The van der Waals surface area contributed by atoms with Crippen molar-refractivity contribution in [3.05, 3.63) is 74.7 Å². The number of carbonyl (C=O) groups excluding carboxylic acids is 1. The van der Waals surface area contributed by atoms with Crippen LogP contribution >= 0.6 is 0 Å². The van der Waals surface area contributed by atoms with Crippen LogP contribution in [-0.4, -0.2) is 34.4 Å². The maximum atomic E-state index is 13.9. The second kappa shape index (κ2) is 7.00. The van der Waals surface area contributed by atoms with Gasteiger partial charge in [0.2, 0.25) is 0 Å². The van der Waals surface area contributed by atoms with Gasteiger partial charge in [-0.25, -0.2) is 13.2 Å². The fourth-order valence-corrected chi connectivity index (χ4v) is 3.52. The summed E-state index contributed by atoms with van der Waals surface area (Å²) in [6, 6.07) is 2.16. The van der Waals surface area contributed by atoms with E-state index in [0.29, 0.717) is 11.3 Å². The SMILES string of the molecule is Cc1ncc(C(=O)N(C)[C@@H]2COCc3[nH]c(=O)c4cc(F)c(F)cc4c32)cc1F. The molecular formula is C20H16F3N3O3. The highest BCUT2D eigenvalue weighted by Gasteiger charge is 2.31. The van der Waals surface area contributed by atoms with Crippen LogP contribution in [0.2, 0.25) is 0 Å². The number of amides is 1. The highest BCUT2D eigenvalue weighted by Crippen LogP contribution is 2.34. The molecule has 1 N–H and O–H groups in total. The molecule has 0 aliphatic carbocycles. The molecule has 6 nitrogen and oxygen atoms in total. The van der Waals surface area contributed by atoms with E-state index in [2.05, 4.69) is 9.97 Å². The largest absolute Gasteiger partial charge is 0.373 e. The predicted octanol–water partition coefficient (Wildman–Crippen LogP) is 2.99. The molecule has 150 valence electrons. The van der Waals surface area contributed by atoms with E-state index >= 15 is 0 Å². The van der Waals surface area contributed by atoms with Crippen molar-refractivity contribution in [3.63, 3.8) is 0 Å². The zero-order chi connectivity index (χ0) is 20.9. The molecule has 9 heteroatoms. The lowest BCUT2D eigenvalue weighted by Crippen LogP contribution is -2.37. The second-order valence-electron chi connectivity index (χ2n) is 6.90. The summed E-state index contributed by atoms with van der Waals surface area (Å²) in [6.45, 7) is 1.60. The molecule has 1 aliphatic heterocycles. The van der Waals surface area contributed by atoms with Gasteiger partial charge in [-0.15, -0.1) is 0 Å². The van der Waals surface area contributed by atoms with Gasteiger partial charge in [-0.1, -0.05) is 0 Å². The van der Waals surface area contributed by atoms with Crippen LogP contribution < -0.4 is 5.56 Å². The van der Waals surface area contributed by atoms with Crippen molar-refractivity contribution in [2.24, 2.45) is 0 Å². The number of rotatable bonds is 2. The smallest absolute Gasteiger partial charge is 0.256 e. The molecule has 0 radical (unpaired) electrons. The Balaban J connectivity index is 1.84. The Morgan fingerprint density at radius 1 is 1.17 bits per heavy atom. The van der Waals surface area contributed by atoms with Crippen LogP contribution in [0, 0.1) is 24.4 Å². The highest BCUT2D eigenvalue weighted by atomic mass is 19.2. The first-order valence-corrected chi connectivity index (χ1v) is 8.78. The first-order chi connectivity index (χ1) is 13.8. The third-order valence-electron chi connectivity index (χ3n) is 5.10. The Morgan fingerprint density at radius 2 is 1.86 bits per heavy atom. The number of H-pyrrole nitrogens is 1. The van der Waals surface area contributed by atoms with Gasteiger partial charge in [0.05, 0.1) is 35.9 Å². The summed E-state index contributed by atoms with van der Waals surface area (Å²) < 4.78 is 47.0. The Labute approximate surface area is 162 Å². The van der Waals surface area contributed by atoms with Crippen LogP contribution in [0.3, 0.4) is 0 Å². The Morgan fingerprint density at radius 3 is 2.55 bits per heavy atom. The van der Waals surface area contributed by atoms with Gasteiger partial charge in [0.25, 0.3) is 11.5 Å². The number of nitrogens with one attached hydrogen (secondary N) is 1. The quantitative estimate of drug-likeness (QED) is 0.714. The number of pyridine rings is 2. The van der Waals surface area contributed by atoms with Gasteiger partial charge >= 0.3 is 0 Å². The number of aromatic amines is 1. The van der Waals surface area contributed by atoms with Crippen molar-refractivity contribution < 1.29 is 22.7 Å². The number of ether oxygens (including phenoxy) is 1. The van der Waals surface area contributed by atoms with Crippen molar-refractivity contribution in [3.8, 4) is 0 Å². The summed E-state index contributed by atoms with van der Waals surface area (Å²) in [5.74, 6) is -3.39. The molecule has 0 spiro atoms. The summed E-state index contributed by atoms with van der Waals surface area (Å²) in [5, 5.41) is 0.169. The number of carbonyl (C=O) groups is 1. The summed E-state index contributed by atoms with van der Waals surface area (Å²) >= 11 is 0. The molecule has 0 bridgehead atoms. The normalized spacial score (nSPS) is 16.0. The van der Waals surface area contributed by atoms with E-state index in [1.807, 2.05) is 0 Å². The molecule has 1 aromatic carbocycles. The minimum atomic E-state index is -1.14. The zero-order valence-electron chi connectivity index (χ0n) is 15.6. The number of nitrogens with zero attached hydrogens (tertiary/aromatic N) is 2. The molecule has 1 amide bonds. The average Bonchev–Trinajstić information content (AvgIpc) is 2.70. The van der Waals surface area contributed by atoms with Crippen LogP contribution in [0.15, 0.2) is 29.2 Å². The van der Waals surface area contributed by atoms with Crippen LogP contribution in [0.5, 0.6) is 0 Å². The molecule has 2 aromatic heterocycles. The van der Waals surface area contributed by atoms with Crippen molar-refractivity contribution in [1.82, 2.24) is 14.9 Å². The number of aromatic nitrogens is 2. The standard InChI is InChI=1S/C20H16F3N3O3/c1-9-13(21)3-10(6-24-9)20(28)26(2)17-8-29-7-16-18(17)11-4-14(22)15(23)5-12(11)19(27)25-16/h3-6,17H,7-8H2,1-2H3,(H,25,27)/t17-/m1/s1. The van der Waals surface area contributed by atoms with Crippen molar-refractivity contribution >= 4 is 16.7 Å². The molecular weight excluding hydrogens is 387 g/mol. The molecule has 0 unspecified atom stereocenters. The fraction of sp³-hybridized carbons (Fsp3) is 0.250. The third kappa shape index (κ3) is 3.17. The van der Waals surface area contributed by atoms with E-state index in [0.717, 1.165) is 18.2 Å². The molecule has 3 heterocycles. The molecule has 0 saturated carbocycles. The summed E-state index contributed by atoms with van der Waals surface area (Å²) in [5.41, 5.74) is 0.449. The Bertz CT molecular complexity index is 1210. The van der Waals surface area contributed by atoms with Crippen LogP contribution in [0.25, 0.3) is 10.8 Å². The average molecular weight is 403 g/mol. The molecule has 0 fully saturated rings. The number of benzene rings is 1. The van der Waals surface area contributed by atoms with Gasteiger partial charge in [0, 0.05) is 24.5 Å². The summed E-state index contributed by atoms with van der Waals surface area (Å²) in [6.07, 6.45) is 1.27. The van der Waals surface area contributed by atoms with Crippen LogP contribution in [0.4, 0.5) is 13.2 Å². The Hall–Kier alpha value is -3.20. The van der Waals surface area contributed by atoms with Gasteiger partial charge in [0.1, 0.15) is 5.82 Å². The predicted molar refractivity (Wildman–Crippen MR) is 97.9 cm³/mol. The van der Waals surface area contributed by atoms with Gasteiger partial charge in [0.15, 0.2) is 11.6 Å². The minimum Gasteiger partial charge on any atom is -0.373 e. The lowest BCUT2D eigenvalue weighted by molar-refractivity contribution is 0.0335. The van der Waals surface area contributed by atoms with E-state index < -0.39 is 35.0 Å². The van der Waals surface area contributed by atoms with Crippen LogP contribution in [-0.2, 0) is 11.3 Å². The second-order valence-corrected chi connectivity index (χ2v) is 6.90. The van der Waals surface area contributed by atoms with E-state index in [1.165, 1.54) is 25.1 Å². The van der Waals surface area contributed by atoms with Crippen molar-refractivity contribution in [2.75, 3.05) is 13.7 Å². The van der Waals surface area contributed by atoms with Gasteiger partial charge in [-0.3, -0.25) is 14.6 Å². The monoisotopic (exact) mass is 403 g/mol. The lowest BCUT2D eigenvalue weighted by atomic mass is 9.95. The first kappa shape index (κ1) is 19.1. The zero-order valence-corrected chi connectivity index (χ0v) is 15.6.